The Kier molecular flexibility index (Phi) is 4.42. The van der Waals surface area contributed by atoms with Gasteiger partial charge in [0, 0.05) is 11.8 Å². The summed E-state index contributed by atoms with van der Waals surface area (Å²) in [6.07, 6.45) is 1.09. The molecule has 22 heavy (non-hydrogen) atoms. The highest BCUT2D eigenvalue weighted by molar-refractivity contribution is 7.90. The quantitative estimate of drug-likeness (QED) is 0.879. The monoisotopic (exact) mass is 317 g/mol. The molecule has 0 saturated carbocycles. The van der Waals surface area contributed by atoms with Crippen LogP contribution in [0.15, 0.2) is 51.8 Å². The lowest BCUT2D eigenvalue weighted by atomic mass is 10.0. The van der Waals surface area contributed by atoms with Gasteiger partial charge in [0.1, 0.15) is 0 Å². The fourth-order valence-corrected chi connectivity index (χ4v) is 2.78. The topological polar surface area (TPSA) is 83.8 Å². The van der Waals surface area contributed by atoms with Gasteiger partial charge in [0.2, 0.25) is 0 Å². The lowest BCUT2D eigenvalue weighted by molar-refractivity contribution is 0.0696. The molecule has 0 aliphatic heterocycles. The molecular weight excluding hydrogens is 302 g/mol. The molecule has 0 radical (unpaired) electrons. The molecule has 0 aliphatic carbocycles. The van der Waals surface area contributed by atoms with Gasteiger partial charge in [0.25, 0.3) is 10.0 Å². The third-order valence-electron chi connectivity index (χ3n) is 3.19. The van der Waals surface area contributed by atoms with Crippen LogP contribution in [0.25, 0.3) is 0 Å². The molecule has 0 aromatic heterocycles. The fourth-order valence-electron chi connectivity index (χ4n) is 1.93. The highest BCUT2D eigenvalue weighted by Crippen LogP contribution is 2.16. The molecule has 0 aliphatic rings. The van der Waals surface area contributed by atoms with E-state index >= 15 is 0 Å². The highest BCUT2D eigenvalue weighted by atomic mass is 32.2. The lowest BCUT2D eigenvalue weighted by Gasteiger charge is -2.04. The van der Waals surface area contributed by atoms with Crippen molar-refractivity contribution in [3.8, 4) is 0 Å². The van der Waals surface area contributed by atoms with Crippen LogP contribution in [-0.4, -0.2) is 25.7 Å². The number of hydrogen-bond acceptors (Lipinski definition) is 3. The zero-order valence-corrected chi connectivity index (χ0v) is 13.0. The summed E-state index contributed by atoms with van der Waals surface area (Å²) in [4.78, 5) is 11.3. The Morgan fingerprint density at radius 3 is 2.32 bits per heavy atom. The zero-order valence-electron chi connectivity index (χ0n) is 12.1. The van der Waals surface area contributed by atoms with Crippen molar-refractivity contribution >= 4 is 22.2 Å². The van der Waals surface area contributed by atoms with Crippen molar-refractivity contribution in [3.05, 3.63) is 64.7 Å². The number of nitrogens with zero attached hydrogens (tertiary/aromatic N) is 1. The largest absolute Gasteiger partial charge is 0.478 e. The van der Waals surface area contributed by atoms with Crippen molar-refractivity contribution in [1.29, 1.82) is 0 Å². The van der Waals surface area contributed by atoms with Gasteiger partial charge < -0.3 is 5.11 Å². The van der Waals surface area contributed by atoms with Crippen LogP contribution >= 0.6 is 0 Å². The molecule has 0 bridgehead atoms. The Morgan fingerprint density at radius 1 is 1.09 bits per heavy atom. The van der Waals surface area contributed by atoms with E-state index in [2.05, 4.69) is 4.40 Å². The molecule has 0 atom stereocenters. The second kappa shape index (κ2) is 6.11. The highest BCUT2D eigenvalue weighted by Gasteiger charge is 2.14. The number of rotatable bonds is 4. The first-order valence-electron chi connectivity index (χ1n) is 6.51. The van der Waals surface area contributed by atoms with Crippen molar-refractivity contribution in [1.82, 2.24) is 0 Å². The maximum absolute atomic E-state index is 12.2. The third-order valence-corrected chi connectivity index (χ3v) is 4.44. The Bertz CT molecular complexity index is 837. The van der Waals surface area contributed by atoms with Crippen LogP contribution in [0.3, 0.4) is 0 Å². The molecular formula is C16H15NO4S. The van der Waals surface area contributed by atoms with Crippen molar-refractivity contribution in [3.63, 3.8) is 0 Å². The van der Waals surface area contributed by atoms with E-state index in [4.69, 9.17) is 5.11 Å². The number of carboxylic acids is 1. The predicted molar refractivity (Wildman–Crippen MR) is 84.1 cm³/mol. The standard InChI is InChI=1S/C16H15NO4S/c1-11-6-8-13(9-7-11)22(20,21)17-10-15-12(2)4-3-5-14(15)16(18)19/h3-10H,1-2H3,(H,18,19). The number of sulfonamides is 1. The summed E-state index contributed by atoms with van der Waals surface area (Å²) in [5, 5.41) is 9.16. The van der Waals surface area contributed by atoms with Crippen molar-refractivity contribution in [2.45, 2.75) is 18.7 Å². The van der Waals surface area contributed by atoms with Crippen molar-refractivity contribution in [2.24, 2.45) is 4.40 Å². The molecule has 0 spiro atoms. The molecule has 0 heterocycles. The molecule has 0 amide bonds. The molecule has 114 valence electrons. The number of benzene rings is 2. The summed E-state index contributed by atoms with van der Waals surface area (Å²) in [6.45, 7) is 3.55. The second-order valence-electron chi connectivity index (χ2n) is 4.86. The number of carboxylic acid groups (broad SMARTS) is 1. The van der Waals surface area contributed by atoms with E-state index in [1.54, 1.807) is 31.2 Å². The van der Waals surface area contributed by atoms with Gasteiger partial charge in [-0.25, -0.2) is 4.79 Å². The van der Waals surface area contributed by atoms with Crippen LogP contribution in [0.1, 0.15) is 27.0 Å². The Balaban J connectivity index is 2.44. The lowest BCUT2D eigenvalue weighted by Crippen LogP contribution is -2.05. The number of aromatic carboxylic acids is 1. The molecule has 6 heteroatoms. The van der Waals surface area contributed by atoms with Crippen molar-refractivity contribution in [2.75, 3.05) is 0 Å². The maximum Gasteiger partial charge on any atom is 0.336 e. The summed E-state index contributed by atoms with van der Waals surface area (Å²) in [5.41, 5.74) is 1.88. The van der Waals surface area contributed by atoms with Crippen LogP contribution in [0.4, 0.5) is 0 Å². The average Bonchev–Trinajstić information content (AvgIpc) is 2.46. The maximum atomic E-state index is 12.2. The van der Waals surface area contributed by atoms with Gasteiger partial charge in [0.15, 0.2) is 0 Å². The van der Waals surface area contributed by atoms with Gasteiger partial charge >= 0.3 is 5.97 Å². The van der Waals surface area contributed by atoms with Crippen molar-refractivity contribution < 1.29 is 18.3 Å². The minimum absolute atomic E-state index is 0.0165. The first-order chi connectivity index (χ1) is 10.3. The Hall–Kier alpha value is -2.47. The SMILES string of the molecule is Cc1ccc(S(=O)(=O)N=Cc2c(C)cccc2C(=O)O)cc1. The third kappa shape index (κ3) is 3.40. The van der Waals surface area contributed by atoms with Gasteiger partial charge in [0.05, 0.1) is 10.5 Å². The zero-order chi connectivity index (χ0) is 16.3. The molecule has 2 aromatic carbocycles. The fraction of sp³-hybridized carbons (Fsp3) is 0.125. The summed E-state index contributed by atoms with van der Waals surface area (Å²) in [6, 6.07) is 11.0. The molecule has 0 fully saturated rings. The predicted octanol–water partition coefficient (Wildman–Crippen LogP) is 2.81. The molecule has 0 saturated heterocycles. The van der Waals surface area contributed by atoms with Gasteiger partial charge in [-0.1, -0.05) is 29.8 Å². The van der Waals surface area contributed by atoms with Crippen LogP contribution in [-0.2, 0) is 10.0 Å². The van der Waals surface area contributed by atoms with E-state index in [0.717, 1.165) is 11.8 Å². The van der Waals surface area contributed by atoms with E-state index in [0.29, 0.717) is 5.56 Å². The van der Waals surface area contributed by atoms with E-state index in [1.165, 1.54) is 18.2 Å². The Labute approximate surface area is 129 Å². The minimum Gasteiger partial charge on any atom is -0.478 e. The molecule has 2 aromatic rings. The minimum atomic E-state index is -3.86. The van der Waals surface area contributed by atoms with Gasteiger partial charge in [-0.3, -0.25) is 0 Å². The van der Waals surface area contributed by atoms with Gasteiger partial charge in [-0.05, 0) is 37.6 Å². The van der Waals surface area contributed by atoms with Crippen LogP contribution in [0, 0.1) is 13.8 Å². The number of carbonyl (C=O) groups is 1. The normalized spacial score (nSPS) is 11.7. The summed E-state index contributed by atoms with van der Waals surface area (Å²) >= 11 is 0. The van der Waals surface area contributed by atoms with Gasteiger partial charge in [-0.15, -0.1) is 0 Å². The average molecular weight is 317 g/mol. The molecule has 2 rings (SSSR count). The van der Waals surface area contributed by atoms with Crippen LogP contribution in [0.5, 0.6) is 0 Å². The van der Waals surface area contributed by atoms with Crippen LogP contribution in [0.2, 0.25) is 0 Å². The molecule has 1 N–H and O–H groups in total. The second-order valence-corrected chi connectivity index (χ2v) is 6.50. The van der Waals surface area contributed by atoms with E-state index in [-0.39, 0.29) is 16.0 Å². The molecule has 0 unspecified atom stereocenters. The van der Waals surface area contributed by atoms with E-state index < -0.39 is 16.0 Å². The summed E-state index contributed by atoms with van der Waals surface area (Å²) in [5.74, 6) is -1.13. The van der Waals surface area contributed by atoms with Crippen LogP contribution < -0.4 is 0 Å². The summed E-state index contributed by atoms with van der Waals surface area (Å²) in [7, 11) is -3.86. The summed E-state index contributed by atoms with van der Waals surface area (Å²) < 4.78 is 27.9. The molecule has 5 nitrogen and oxygen atoms in total. The number of hydrogen-bond donors (Lipinski definition) is 1. The first kappa shape index (κ1) is 15.9. The number of aryl methyl sites for hydroxylation is 2. The van der Waals surface area contributed by atoms with E-state index in [1.807, 2.05) is 6.92 Å². The smallest absolute Gasteiger partial charge is 0.336 e. The van der Waals surface area contributed by atoms with Gasteiger partial charge in [-0.2, -0.15) is 12.8 Å². The Morgan fingerprint density at radius 2 is 1.73 bits per heavy atom. The van der Waals surface area contributed by atoms with E-state index in [9.17, 15) is 13.2 Å². The first-order valence-corrected chi connectivity index (χ1v) is 7.95.